The number of nitrogens with zero attached hydrogens (tertiary/aromatic N) is 1. The van der Waals surface area contributed by atoms with Crippen LogP contribution in [0.25, 0.3) is 27.5 Å². The molecule has 0 bridgehead atoms. The lowest BCUT2D eigenvalue weighted by Crippen LogP contribution is -1.93. The van der Waals surface area contributed by atoms with Gasteiger partial charge >= 0.3 is 0 Å². The molecule has 0 aliphatic heterocycles. The molecule has 1 heterocycles. The number of anilines is 1. The van der Waals surface area contributed by atoms with Crippen molar-refractivity contribution in [1.82, 2.24) is 4.57 Å². The number of aromatic nitrogens is 1. The smallest absolute Gasteiger partial charge is 0.0542 e. The summed E-state index contributed by atoms with van der Waals surface area (Å²) in [6.45, 7) is 6.20. The second kappa shape index (κ2) is 5.33. The summed E-state index contributed by atoms with van der Waals surface area (Å²) < 4.78 is 2.17. The van der Waals surface area contributed by atoms with Crippen LogP contribution in [0.1, 0.15) is 6.92 Å². The second-order valence-corrected chi connectivity index (χ2v) is 5.01. The van der Waals surface area contributed by atoms with Crippen molar-refractivity contribution in [2.24, 2.45) is 0 Å². The van der Waals surface area contributed by atoms with Gasteiger partial charge in [0.05, 0.1) is 11.0 Å². The minimum Gasteiger partial charge on any atom is -0.399 e. The zero-order valence-corrected chi connectivity index (χ0v) is 12.1. The van der Waals surface area contributed by atoms with Crippen LogP contribution in [0.4, 0.5) is 5.69 Å². The first kappa shape index (κ1) is 13.3. The molecular weight excluding hydrogens is 256 g/mol. The van der Waals surface area contributed by atoms with E-state index in [1.54, 1.807) is 0 Å². The monoisotopic (exact) mass is 274 g/mol. The molecule has 0 atom stereocenters. The molecule has 2 aromatic carbocycles. The van der Waals surface area contributed by atoms with E-state index in [1.807, 2.05) is 55.5 Å². The van der Waals surface area contributed by atoms with E-state index in [-0.39, 0.29) is 0 Å². The Bertz CT molecular complexity index is 879. The first-order chi connectivity index (χ1) is 10.2. The maximum absolute atomic E-state index is 5.94. The Labute approximate surface area is 124 Å². The van der Waals surface area contributed by atoms with E-state index in [4.69, 9.17) is 5.73 Å². The molecule has 2 N–H and O–H groups in total. The molecule has 0 unspecified atom stereocenters. The summed E-state index contributed by atoms with van der Waals surface area (Å²) in [4.78, 5) is 0. The molecule has 21 heavy (non-hydrogen) atoms. The Morgan fingerprint density at radius 2 is 1.81 bits per heavy atom. The van der Waals surface area contributed by atoms with Gasteiger partial charge < -0.3 is 10.3 Å². The third-order valence-electron chi connectivity index (χ3n) is 3.58. The highest BCUT2D eigenvalue weighted by atomic mass is 15.0. The molecule has 1 aromatic heterocycles. The summed E-state index contributed by atoms with van der Waals surface area (Å²) in [6.07, 6.45) is 8.01. The number of fused-ring (bicyclic) bond motifs is 3. The summed E-state index contributed by atoms with van der Waals surface area (Å²) in [7, 11) is 0. The van der Waals surface area contributed by atoms with Gasteiger partial charge in [0.1, 0.15) is 0 Å². The summed E-state index contributed by atoms with van der Waals surface area (Å²) in [5, 5.41) is 2.35. The van der Waals surface area contributed by atoms with Crippen LogP contribution in [-0.2, 0) is 0 Å². The SMILES string of the molecule is C=C(C=CC=CC)n1c2ccccc2c2cc(N)ccc21. The summed E-state index contributed by atoms with van der Waals surface area (Å²) in [5.74, 6) is 0. The molecule has 3 rings (SSSR count). The number of nitrogens with two attached hydrogens (primary N) is 1. The standard InChI is InChI=1S/C19H18N2/c1-3-4-5-8-14(2)21-18-10-7-6-9-16(18)17-13-15(20)11-12-19(17)21/h3-13H,2,20H2,1H3. The molecule has 2 heteroatoms. The lowest BCUT2D eigenvalue weighted by Gasteiger charge is -2.06. The van der Waals surface area contributed by atoms with E-state index in [0.717, 1.165) is 27.8 Å². The molecule has 2 nitrogen and oxygen atoms in total. The largest absolute Gasteiger partial charge is 0.399 e. The minimum atomic E-state index is 0.778. The Kier molecular flexibility index (Phi) is 3.36. The predicted molar refractivity (Wildman–Crippen MR) is 93.1 cm³/mol. The zero-order valence-electron chi connectivity index (χ0n) is 12.1. The first-order valence-corrected chi connectivity index (χ1v) is 6.99. The predicted octanol–water partition coefficient (Wildman–Crippen LogP) is 4.98. The minimum absolute atomic E-state index is 0.778. The Morgan fingerprint density at radius 3 is 2.62 bits per heavy atom. The molecular formula is C19H18N2. The van der Waals surface area contributed by atoms with Gasteiger partial charge in [0.15, 0.2) is 0 Å². The third kappa shape index (κ3) is 2.25. The molecule has 104 valence electrons. The van der Waals surface area contributed by atoms with Gasteiger partial charge in [0, 0.05) is 22.2 Å². The van der Waals surface area contributed by atoms with Crippen molar-refractivity contribution >= 4 is 33.2 Å². The number of hydrogen-bond acceptors (Lipinski definition) is 1. The van der Waals surface area contributed by atoms with Gasteiger partial charge in [-0.25, -0.2) is 0 Å². The van der Waals surface area contributed by atoms with E-state index < -0.39 is 0 Å². The fourth-order valence-corrected chi connectivity index (χ4v) is 2.65. The van der Waals surface area contributed by atoms with Crippen molar-refractivity contribution in [1.29, 1.82) is 0 Å². The van der Waals surface area contributed by atoms with Gasteiger partial charge in [-0.05, 0) is 37.3 Å². The van der Waals surface area contributed by atoms with Gasteiger partial charge in [0.25, 0.3) is 0 Å². The van der Waals surface area contributed by atoms with Crippen LogP contribution in [0, 0.1) is 0 Å². The molecule has 0 saturated carbocycles. The highest BCUT2D eigenvalue weighted by molar-refractivity contribution is 6.11. The van der Waals surface area contributed by atoms with E-state index >= 15 is 0 Å². The van der Waals surface area contributed by atoms with Crippen molar-refractivity contribution in [3.05, 3.63) is 73.3 Å². The van der Waals surface area contributed by atoms with Crippen LogP contribution in [0.15, 0.2) is 73.3 Å². The molecule has 0 amide bonds. The summed E-state index contributed by atoms with van der Waals surface area (Å²) in [5.41, 5.74) is 9.93. The van der Waals surface area contributed by atoms with Crippen LogP contribution in [-0.4, -0.2) is 4.57 Å². The maximum atomic E-state index is 5.94. The molecule has 0 saturated heterocycles. The lowest BCUT2D eigenvalue weighted by molar-refractivity contribution is 1.24. The number of allylic oxidation sites excluding steroid dienone is 5. The lowest BCUT2D eigenvalue weighted by atomic mass is 10.1. The molecule has 0 aliphatic rings. The van der Waals surface area contributed by atoms with Crippen LogP contribution in [0.3, 0.4) is 0 Å². The van der Waals surface area contributed by atoms with E-state index in [1.165, 1.54) is 5.39 Å². The number of para-hydroxylation sites is 1. The average Bonchev–Trinajstić information content (AvgIpc) is 2.81. The summed E-state index contributed by atoms with van der Waals surface area (Å²) in [6, 6.07) is 14.3. The number of nitrogen functional groups attached to an aromatic ring is 1. The highest BCUT2D eigenvalue weighted by Gasteiger charge is 2.11. The Balaban J connectivity index is 2.31. The highest BCUT2D eigenvalue weighted by Crippen LogP contribution is 2.32. The second-order valence-electron chi connectivity index (χ2n) is 5.01. The topological polar surface area (TPSA) is 30.9 Å². The first-order valence-electron chi connectivity index (χ1n) is 6.99. The number of rotatable bonds is 3. The van der Waals surface area contributed by atoms with Crippen LogP contribution < -0.4 is 5.73 Å². The fraction of sp³-hybridized carbons (Fsp3) is 0.0526. The van der Waals surface area contributed by atoms with Crippen molar-refractivity contribution in [3.8, 4) is 0 Å². The van der Waals surface area contributed by atoms with E-state index in [0.29, 0.717) is 0 Å². The Hall–Kier alpha value is -2.74. The van der Waals surface area contributed by atoms with Crippen LogP contribution in [0.5, 0.6) is 0 Å². The molecule has 0 radical (unpaired) electrons. The van der Waals surface area contributed by atoms with Gasteiger partial charge in [-0.15, -0.1) is 0 Å². The van der Waals surface area contributed by atoms with Gasteiger partial charge in [-0.1, -0.05) is 43.0 Å². The van der Waals surface area contributed by atoms with Crippen molar-refractivity contribution in [2.75, 3.05) is 5.73 Å². The molecule has 3 aromatic rings. The van der Waals surface area contributed by atoms with Gasteiger partial charge in [-0.3, -0.25) is 0 Å². The quantitative estimate of drug-likeness (QED) is 0.530. The zero-order chi connectivity index (χ0) is 14.8. The molecule has 0 spiro atoms. The number of hydrogen-bond donors (Lipinski definition) is 1. The van der Waals surface area contributed by atoms with Crippen molar-refractivity contribution in [2.45, 2.75) is 6.92 Å². The van der Waals surface area contributed by atoms with E-state index in [2.05, 4.69) is 29.3 Å². The fourth-order valence-electron chi connectivity index (χ4n) is 2.65. The van der Waals surface area contributed by atoms with E-state index in [9.17, 15) is 0 Å². The van der Waals surface area contributed by atoms with Gasteiger partial charge in [0.2, 0.25) is 0 Å². The summed E-state index contributed by atoms with van der Waals surface area (Å²) >= 11 is 0. The Morgan fingerprint density at radius 1 is 1.05 bits per heavy atom. The van der Waals surface area contributed by atoms with Crippen molar-refractivity contribution < 1.29 is 0 Å². The van der Waals surface area contributed by atoms with Gasteiger partial charge in [-0.2, -0.15) is 0 Å². The average molecular weight is 274 g/mol. The van der Waals surface area contributed by atoms with Crippen LogP contribution in [0.2, 0.25) is 0 Å². The normalized spacial score (nSPS) is 12.0. The molecule has 0 aliphatic carbocycles. The third-order valence-corrected chi connectivity index (χ3v) is 3.58. The molecule has 0 fully saturated rings. The van der Waals surface area contributed by atoms with Crippen LogP contribution >= 0.6 is 0 Å². The van der Waals surface area contributed by atoms with Crippen molar-refractivity contribution in [3.63, 3.8) is 0 Å². The number of benzene rings is 2. The maximum Gasteiger partial charge on any atom is 0.0542 e.